The molecule has 17 heavy (non-hydrogen) atoms. The molecular weight excluding hydrogens is 246 g/mol. The summed E-state index contributed by atoms with van der Waals surface area (Å²) in [5.41, 5.74) is 5.33. The third-order valence-corrected chi connectivity index (χ3v) is 3.85. The minimum absolute atomic E-state index is 0.0331. The second-order valence-corrected chi connectivity index (χ2v) is 5.87. The van der Waals surface area contributed by atoms with Gasteiger partial charge in [-0.2, -0.15) is 0 Å². The van der Waals surface area contributed by atoms with Gasteiger partial charge in [0.2, 0.25) is 15.9 Å². The van der Waals surface area contributed by atoms with Crippen molar-refractivity contribution in [1.29, 1.82) is 0 Å². The van der Waals surface area contributed by atoms with Crippen LogP contribution >= 0.6 is 0 Å². The molecule has 0 aromatic carbocycles. The lowest BCUT2D eigenvalue weighted by atomic mass is 10.4. The molecule has 1 aromatic rings. The standard InChI is InChI=1S/C8H17N5O3S/c1-13(2)17(14,15)6-5-10-8-12-11-7(16-8)3-4-9/h3-6,9H2,1-2H3,(H,10,12). The second kappa shape index (κ2) is 5.94. The fraction of sp³-hybridized carbons (Fsp3) is 0.750. The summed E-state index contributed by atoms with van der Waals surface area (Å²) >= 11 is 0. The number of hydrogen-bond acceptors (Lipinski definition) is 7. The second-order valence-electron chi connectivity index (χ2n) is 3.56. The van der Waals surface area contributed by atoms with Crippen LogP contribution in [0.5, 0.6) is 0 Å². The van der Waals surface area contributed by atoms with Crippen LogP contribution in [0.2, 0.25) is 0 Å². The fourth-order valence-corrected chi connectivity index (χ4v) is 1.74. The number of nitrogens with one attached hydrogen (secondary N) is 1. The van der Waals surface area contributed by atoms with E-state index in [-0.39, 0.29) is 18.3 Å². The minimum Gasteiger partial charge on any atom is -0.408 e. The first-order valence-electron chi connectivity index (χ1n) is 5.12. The SMILES string of the molecule is CN(C)S(=O)(=O)CCNc1nnc(CCN)o1. The van der Waals surface area contributed by atoms with Crippen molar-refractivity contribution in [1.82, 2.24) is 14.5 Å². The zero-order valence-corrected chi connectivity index (χ0v) is 10.7. The lowest BCUT2D eigenvalue weighted by Crippen LogP contribution is -2.28. The first-order valence-corrected chi connectivity index (χ1v) is 6.73. The van der Waals surface area contributed by atoms with Crippen LogP contribution in [-0.2, 0) is 16.4 Å². The third kappa shape index (κ3) is 4.29. The van der Waals surface area contributed by atoms with Gasteiger partial charge in [0.15, 0.2) is 0 Å². The van der Waals surface area contributed by atoms with E-state index in [0.717, 1.165) is 0 Å². The lowest BCUT2D eigenvalue weighted by Gasteiger charge is -2.10. The van der Waals surface area contributed by atoms with Gasteiger partial charge in [-0.25, -0.2) is 12.7 Å². The lowest BCUT2D eigenvalue weighted by molar-refractivity contribution is 0.505. The van der Waals surface area contributed by atoms with Crippen molar-refractivity contribution in [2.24, 2.45) is 5.73 Å². The molecule has 0 unspecified atom stereocenters. The Morgan fingerprint density at radius 1 is 1.41 bits per heavy atom. The first-order chi connectivity index (χ1) is 7.95. The summed E-state index contributed by atoms with van der Waals surface area (Å²) in [7, 11) is -0.236. The van der Waals surface area contributed by atoms with Crippen LogP contribution in [0.25, 0.3) is 0 Å². The minimum atomic E-state index is -3.21. The monoisotopic (exact) mass is 263 g/mol. The van der Waals surface area contributed by atoms with Crippen molar-refractivity contribution in [2.75, 3.05) is 38.3 Å². The Balaban J connectivity index is 2.40. The zero-order chi connectivity index (χ0) is 12.9. The molecule has 0 spiro atoms. The van der Waals surface area contributed by atoms with Gasteiger partial charge in [0.05, 0.1) is 5.75 Å². The molecular formula is C8H17N5O3S. The van der Waals surface area contributed by atoms with E-state index in [1.54, 1.807) is 0 Å². The highest BCUT2D eigenvalue weighted by Gasteiger charge is 2.13. The highest BCUT2D eigenvalue weighted by atomic mass is 32.2. The highest BCUT2D eigenvalue weighted by Crippen LogP contribution is 2.05. The van der Waals surface area contributed by atoms with Crippen molar-refractivity contribution in [2.45, 2.75) is 6.42 Å². The van der Waals surface area contributed by atoms with Crippen LogP contribution in [0.4, 0.5) is 6.01 Å². The molecule has 0 fully saturated rings. The van der Waals surface area contributed by atoms with Crippen molar-refractivity contribution in [3.8, 4) is 0 Å². The summed E-state index contributed by atoms with van der Waals surface area (Å²) in [4.78, 5) is 0. The molecule has 9 heteroatoms. The van der Waals surface area contributed by atoms with E-state index in [2.05, 4.69) is 15.5 Å². The van der Waals surface area contributed by atoms with Gasteiger partial charge in [-0.05, 0) is 0 Å². The molecule has 8 nitrogen and oxygen atoms in total. The smallest absolute Gasteiger partial charge is 0.315 e. The first kappa shape index (κ1) is 13.9. The molecule has 1 rings (SSSR count). The average Bonchev–Trinajstić information content (AvgIpc) is 2.66. The number of aromatic nitrogens is 2. The number of nitrogens with zero attached hydrogens (tertiary/aromatic N) is 3. The van der Waals surface area contributed by atoms with Gasteiger partial charge in [-0.15, -0.1) is 5.10 Å². The summed E-state index contributed by atoms with van der Waals surface area (Å²) in [5, 5.41) is 10.2. The molecule has 3 N–H and O–H groups in total. The quantitative estimate of drug-likeness (QED) is 0.640. The average molecular weight is 263 g/mol. The van der Waals surface area contributed by atoms with Gasteiger partial charge in [-0.3, -0.25) is 0 Å². The van der Waals surface area contributed by atoms with Gasteiger partial charge in [-0.1, -0.05) is 5.10 Å². The molecule has 98 valence electrons. The van der Waals surface area contributed by atoms with Crippen LogP contribution < -0.4 is 11.1 Å². The number of anilines is 1. The summed E-state index contributed by atoms with van der Waals surface area (Å²) < 4.78 is 29.2. The molecule has 0 aliphatic carbocycles. The molecule has 0 atom stereocenters. The van der Waals surface area contributed by atoms with Crippen LogP contribution in [0.1, 0.15) is 5.89 Å². The Kier molecular flexibility index (Phi) is 4.85. The Bertz CT molecular complexity index is 442. The van der Waals surface area contributed by atoms with E-state index in [9.17, 15) is 8.42 Å². The van der Waals surface area contributed by atoms with Crippen molar-refractivity contribution >= 4 is 16.0 Å². The zero-order valence-electron chi connectivity index (χ0n) is 9.88. The largest absolute Gasteiger partial charge is 0.408 e. The van der Waals surface area contributed by atoms with Crippen LogP contribution in [0.3, 0.4) is 0 Å². The Morgan fingerprint density at radius 3 is 2.71 bits per heavy atom. The van der Waals surface area contributed by atoms with Gasteiger partial charge in [0, 0.05) is 33.6 Å². The molecule has 1 heterocycles. The predicted molar refractivity (Wildman–Crippen MR) is 63.0 cm³/mol. The van der Waals surface area contributed by atoms with Crippen LogP contribution in [-0.4, -0.2) is 55.9 Å². The van der Waals surface area contributed by atoms with Crippen molar-refractivity contribution in [3.63, 3.8) is 0 Å². The van der Waals surface area contributed by atoms with Crippen LogP contribution in [0, 0.1) is 0 Å². The van der Waals surface area contributed by atoms with Crippen LogP contribution in [0.15, 0.2) is 4.42 Å². The Hall–Kier alpha value is -1.19. The van der Waals surface area contributed by atoms with Gasteiger partial charge in [0.25, 0.3) is 0 Å². The summed E-state index contributed by atoms with van der Waals surface area (Å²) in [6, 6.07) is 0.211. The fourth-order valence-electron chi connectivity index (χ4n) is 1.02. The highest BCUT2D eigenvalue weighted by molar-refractivity contribution is 7.89. The molecule has 0 saturated heterocycles. The van der Waals surface area contributed by atoms with E-state index in [1.165, 1.54) is 18.4 Å². The van der Waals surface area contributed by atoms with E-state index in [4.69, 9.17) is 10.2 Å². The normalized spacial score (nSPS) is 12.0. The summed E-state index contributed by atoms with van der Waals surface area (Å²) in [6.07, 6.45) is 0.505. The summed E-state index contributed by atoms with van der Waals surface area (Å²) in [5.74, 6) is 0.402. The maximum absolute atomic E-state index is 11.4. The molecule has 0 amide bonds. The predicted octanol–water partition coefficient (Wildman–Crippen LogP) is -1.13. The molecule has 0 saturated carbocycles. The topological polar surface area (TPSA) is 114 Å². The molecule has 0 bridgehead atoms. The molecule has 1 aromatic heterocycles. The van der Waals surface area contributed by atoms with E-state index < -0.39 is 10.0 Å². The van der Waals surface area contributed by atoms with Crippen molar-refractivity contribution in [3.05, 3.63) is 5.89 Å². The number of sulfonamides is 1. The van der Waals surface area contributed by atoms with E-state index >= 15 is 0 Å². The van der Waals surface area contributed by atoms with Gasteiger partial charge >= 0.3 is 6.01 Å². The number of rotatable bonds is 7. The number of nitrogens with two attached hydrogens (primary N) is 1. The molecule has 0 aliphatic rings. The molecule has 0 radical (unpaired) electrons. The number of hydrogen-bond donors (Lipinski definition) is 2. The van der Waals surface area contributed by atoms with Crippen molar-refractivity contribution < 1.29 is 12.8 Å². The maximum atomic E-state index is 11.4. The Labute approximate surface area is 100 Å². The Morgan fingerprint density at radius 2 is 2.12 bits per heavy atom. The van der Waals surface area contributed by atoms with Gasteiger partial charge in [0.1, 0.15) is 0 Å². The van der Waals surface area contributed by atoms with Gasteiger partial charge < -0.3 is 15.5 Å². The van der Waals surface area contributed by atoms with E-state index in [1.807, 2.05) is 0 Å². The summed E-state index contributed by atoms with van der Waals surface area (Å²) in [6.45, 7) is 0.640. The third-order valence-electron chi connectivity index (χ3n) is 2.02. The maximum Gasteiger partial charge on any atom is 0.315 e. The molecule has 0 aliphatic heterocycles. The van der Waals surface area contributed by atoms with E-state index in [0.29, 0.717) is 18.9 Å².